The smallest absolute Gasteiger partial charge is 0.354 e. The van der Waals surface area contributed by atoms with Gasteiger partial charge in [0.2, 0.25) is 0 Å². The molecule has 1 aromatic rings. The molecule has 0 bridgehead atoms. The number of aryl methyl sites for hydroxylation is 1. The molecular formula is C9H12N4O3. The SMILES string of the molecule is COC(=O)c1cc(/C=N\NC(N)=O)cn1C. The van der Waals surface area contributed by atoms with Crippen LogP contribution in [0.25, 0.3) is 0 Å². The number of carbonyl (C=O) groups excluding carboxylic acids is 2. The minimum atomic E-state index is -0.750. The van der Waals surface area contributed by atoms with E-state index in [-0.39, 0.29) is 0 Å². The summed E-state index contributed by atoms with van der Waals surface area (Å²) in [6, 6.07) is 0.832. The van der Waals surface area contributed by atoms with Crippen molar-refractivity contribution in [2.45, 2.75) is 0 Å². The standard InChI is InChI=1S/C9H12N4O3/c1-13-5-6(4-11-12-9(10)15)3-7(13)8(14)16-2/h3-5H,1-2H3,(H3,10,12,15)/b11-4-. The molecule has 1 heterocycles. The zero-order valence-corrected chi connectivity index (χ0v) is 8.93. The van der Waals surface area contributed by atoms with Gasteiger partial charge in [0.15, 0.2) is 0 Å². The van der Waals surface area contributed by atoms with Crippen LogP contribution in [0.1, 0.15) is 16.1 Å². The zero-order chi connectivity index (χ0) is 12.1. The van der Waals surface area contributed by atoms with E-state index in [1.54, 1.807) is 23.9 Å². The van der Waals surface area contributed by atoms with Crippen molar-refractivity contribution in [2.75, 3.05) is 7.11 Å². The van der Waals surface area contributed by atoms with Crippen molar-refractivity contribution in [3.05, 3.63) is 23.5 Å². The second kappa shape index (κ2) is 4.96. The van der Waals surface area contributed by atoms with Gasteiger partial charge in [0.25, 0.3) is 0 Å². The van der Waals surface area contributed by atoms with Gasteiger partial charge in [0.05, 0.1) is 13.3 Å². The third-order valence-electron chi connectivity index (χ3n) is 1.81. The molecule has 16 heavy (non-hydrogen) atoms. The summed E-state index contributed by atoms with van der Waals surface area (Å²) in [4.78, 5) is 21.6. The lowest BCUT2D eigenvalue weighted by molar-refractivity contribution is 0.0590. The number of esters is 1. The number of nitrogens with one attached hydrogen (secondary N) is 1. The molecule has 3 N–H and O–H groups in total. The maximum atomic E-state index is 11.3. The first kappa shape index (κ1) is 11.8. The Labute approximate surface area is 91.9 Å². The molecule has 1 rings (SSSR count). The summed E-state index contributed by atoms with van der Waals surface area (Å²) >= 11 is 0. The van der Waals surface area contributed by atoms with Crippen molar-refractivity contribution >= 4 is 18.2 Å². The van der Waals surface area contributed by atoms with Crippen LogP contribution < -0.4 is 11.2 Å². The molecule has 0 spiro atoms. The van der Waals surface area contributed by atoms with Gasteiger partial charge in [0.1, 0.15) is 5.69 Å². The highest BCUT2D eigenvalue weighted by Crippen LogP contribution is 2.06. The first-order valence-electron chi connectivity index (χ1n) is 4.37. The average Bonchev–Trinajstić information content (AvgIpc) is 2.58. The largest absolute Gasteiger partial charge is 0.464 e. The Morgan fingerprint density at radius 1 is 1.62 bits per heavy atom. The first-order chi connectivity index (χ1) is 7.54. The quantitative estimate of drug-likeness (QED) is 0.423. The molecule has 0 fully saturated rings. The van der Waals surface area contributed by atoms with E-state index in [0.29, 0.717) is 11.3 Å². The number of methoxy groups -OCH3 is 1. The number of primary amides is 1. The minimum Gasteiger partial charge on any atom is -0.464 e. The Kier molecular flexibility index (Phi) is 3.65. The van der Waals surface area contributed by atoms with Gasteiger partial charge in [-0.2, -0.15) is 5.10 Å². The number of hydrazone groups is 1. The summed E-state index contributed by atoms with van der Waals surface area (Å²) in [6.07, 6.45) is 3.04. The van der Waals surface area contributed by atoms with Gasteiger partial charge in [-0.1, -0.05) is 0 Å². The molecule has 0 aromatic carbocycles. The van der Waals surface area contributed by atoms with Gasteiger partial charge in [-0.25, -0.2) is 15.0 Å². The predicted molar refractivity (Wildman–Crippen MR) is 57.1 cm³/mol. The highest BCUT2D eigenvalue weighted by molar-refractivity contribution is 5.91. The van der Waals surface area contributed by atoms with E-state index in [0.717, 1.165) is 0 Å². The Balaban J connectivity index is 2.80. The number of urea groups is 1. The lowest BCUT2D eigenvalue weighted by Crippen LogP contribution is -2.24. The predicted octanol–water partition coefficient (Wildman–Crippen LogP) is -0.186. The number of nitrogens with zero attached hydrogens (tertiary/aromatic N) is 2. The van der Waals surface area contributed by atoms with Crippen molar-refractivity contribution < 1.29 is 14.3 Å². The van der Waals surface area contributed by atoms with Crippen LogP contribution in [-0.4, -0.2) is 29.9 Å². The molecule has 7 nitrogen and oxygen atoms in total. The number of nitrogens with two attached hydrogens (primary N) is 1. The molecular weight excluding hydrogens is 212 g/mol. The molecule has 0 aliphatic heterocycles. The van der Waals surface area contributed by atoms with E-state index in [1.165, 1.54) is 13.3 Å². The van der Waals surface area contributed by atoms with Crippen LogP contribution in [0.5, 0.6) is 0 Å². The van der Waals surface area contributed by atoms with Crippen LogP contribution in [0.3, 0.4) is 0 Å². The summed E-state index contributed by atoms with van der Waals surface area (Å²) in [5.41, 5.74) is 7.91. The third-order valence-corrected chi connectivity index (χ3v) is 1.81. The number of amides is 2. The van der Waals surface area contributed by atoms with Crippen LogP contribution >= 0.6 is 0 Å². The molecule has 0 radical (unpaired) electrons. The second-order valence-electron chi connectivity index (χ2n) is 3.00. The van der Waals surface area contributed by atoms with Crippen molar-refractivity contribution in [1.82, 2.24) is 9.99 Å². The van der Waals surface area contributed by atoms with E-state index < -0.39 is 12.0 Å². The average molecular weight is 224 g/mol. The maximum Gasteiger partial charge on any atom is 0.354 e. The third kappa shape index (κ3) is 2.84. The fourth-order valence-corrected chi connectivity index (χ4v) is 1.14. The lowest BCUT2D eigenvalue weighted by atomic mass is 10.3. The van der Waals surface area contributed by atoms with Gasteiger partial charge in [-0.05, 0) is 6.07 Å². The zero-order valence-electron chi connectivity index (χ0n) is 8.93. The van der Waals surface area contributed by atoms with E-state index >= 15 is 0 Å². The fourth-order valence-electron chi connectivity index (χ4n) is 1.14. The molecule has 1 aromatic heterocycles. The van der Waals surface area contributed by atoms with Gasteiger partial charge < -0.3 is 15.0 Å². The van der Waals surface area contributed by atoms with Crippen molar-refractivity contribution in [3.8, 4) is 0 Å². The summed E-state index contributed by atoms with van der Waals surface area (Å²) in [5, 5.41) is 3.57. The Hall–Kier alpha value is -2.31. The monoisotopic (exact) mass is 224 g/mol. The Bertz CT molecular complexity index is 436. The van der Waals surface area contributed by atoms with Crippen LogP contribution in [0, 0.1) is 0 Å². The highest BCUT2D eigenvalue weighted by atomic mass is 16.5. The summed E-state index contributed by atoms with van der Waals surface area (Å²) < 4.78 is 6.17. The molecule has 7 heteroatoms. The molecule has 86 valence electrons. The van der Waals surface area contributed by atoms with Crippen molar-refractivity contribution in [3.63, 3.8) is 0 Å². The van der Waals surface area contributed by atoms with Gasteiger partial charge in [-0.3, -0.25) is 0 Å². The lowest BCUT2D eigenvalue weighted by Gasteiger charge is -1.98. The van der Waals surface area contributed by atoms with Crippen molar-refractivity contribution in [1.29, 1.82) is 0 Å². The number of hydrogen-bond donors (Lipinski definition) is 2. The molecule has 0 unspecified atom stereocenters. The summed E-state index contributed by atoms with van der Waals surface area (Å²) in [6.45, 7) is 0. The summed E-state index contributed by atoms with van der Waals surface area (Å²) in [7, 11) is 3.00. The highest BCUT2D eigenvalue weighted by Gasteiger charge is 2.10. The van der Waals surface area contributed by atoms with Crippen LogP contribution in [0.2, 0.25) is 0 Å². The molecule has 2 amide bonds. The minimum absolute atomic E-state index is 0.392. The molecule has 0 saturated carbocycles. The summed E-state index contributed by atoms with van der Waals surface area (Å²) in [5.74, 6) is -0.440. The van der Waals surface area contributed by atoms with Crippen LogP contribution in [-0.2, 0) is 11.8 Å². The van der Waals surface area contributed by atoms with Gasteiger partial charge in [0, 0.05) is 18.8 Å². The van der Waals surface area contributed by atoms with Gasteiger partial charge in [-0.15, -0.1) is 0 Å². The maximum absolute atomic E-state index is 11.3. The number of ether oxygens (including phenoxy) is 1. The number of carbonyl (C=O) groups is 2. The van der Waals surface area contributed by atoms with E-state index in [1.807, 2.05) is 5.43 Å². The van der Waals surface area contributed by atoms with Gasteiger partial charge >= 0.3 is 12.0 Å². The number of aromatic nitrogens is 1. The number of hydrogen-bond acceptors (Lipinski definition) is 4. The normalized spacial score (nSPS) is 10.4. The Morgan fingerprint density at radius 2 is 2.31 bits per heavy atom. The van der Waals surface area contributed by atoms with E-state index in [4.69, 9.17) is 5.73 Å². The molecule has 0 aliphatic rings. The molecule has 0 saturated heterocycles. The topological polar surface area (TPSA) is 98.7 Å². The second-order valence-corrected chi connectivity index (χ2v) is 3.00. The first-order valence-corrected chi connectivity index (χ1v) is 4.37. The molecule has 0 aliphatic carbocycles. The van der Waals surface area contributed by atoms with Crippen LogP contribution in [0.15, 0.2) is 17.4 Å². The Morgan fingerprint density at radius 3 is 2.88 bits per heavy atom. The fraction of sp³-hybridized carbons (Fsp3) is 0.222. The van der Waals surface area contributed by atoms with E-state index in [2.05, 4.69) is 9.84 Å². The number of rotatable bonds is 3. The molecule has 0 atom stereocenters. The van der Waals surface area contributed by atoms with Crippen LogP contribution in [0.4, 0.5) is 4.79 Å². The van der Waals surface area contributed by atoms with E-state index in [9.17, 15) is 9.59 Å². The van der Waals surface area contributed by atoms with Crippen molar-refractivity contribution in [2.24, 2.45) is 17.9 Å².